The molecule has 3 N–H and O–H groups in total. The third-order valence-electron chi connectivity index (χ3n) is 3.52. The Bertz CT molecular complexity index is 490. The van der Waals surface area contributed by atoms with Crippen LogP contribution in [0, 0.1) is 0 Å². The summed E-state index contributed by atoms with van der Waals surface area (Å²) in [5.41, 5.74) is 9.99. The Morgan fingerprint density at radius 2 is 2.12 bits per heavy atom. The van der Waals surface area contributed by atoms with E-state index in [1.165, 1.54) is 41.4 Å². The van der Waals surface area contributed by atoms with E-state index in [9.17, 15) is 0 Å². The predicted molar refractivity (Wildman–Crippen MR) is 70.3 cm³/mol. The molecule has 0 saturated heterocycles. The smallest absolute Gasteiger partial charge is 0.0459 e. The zero-order valence-electron chi connectivity index (χ0n) is 9.20. The van der Waals surface area contributed by atoms with Crippen molar-refractivity contribution in [2.45, 2.75) is 25.2 Å². The number of hydrogen-bond acceptors (Lipinski definition) is 1. The number of aromatic nitrogens is 1. The second-order valence-corrected chi connectivity index (χ2v) is 4.39. The highest BCUT2D eigenvalue weighted by atomic mass is 35.5. The molecule has 0 saturated carbocycles. The van der Waals surface area contributed by atoms with Crippen molar-refractivity contribution in [1.82, 2.24) is 4.98 Å². The topological polar surface area (TPSA) is 41.8 Å². The molecule has 3 rings (SSSR count). The first-order valence-corrected chi connectivity index (χ1v) is 5.69. The summed E-state index contributed by atoms with van der Waals surface area (Å²) in [6.07, 6.45) is 3.71. The van der Waals surface area contributed by atoms with Gasteiger partial charge in [0.1, 0.15) is 0 Å². The maximum atomic E-state index is 5.82. The SMILES string of the molecule is Cl.NCC1CCCc2c1[nH]c1ccccc21. The van der Waals surface area contributed by atoms with Crippen LogP contribution in [0.5, 0.6) is 0 Å². The van der Waals surface area contributed by atoms with E-state index in [0.717, 1.165) is 6.54 Å². The quantitative estimate of drug-likeness (QED) is 0.786. The van der Waals surface area contributed by atoms with Crippen LogP contribution in [-0.4, -0.2) is 11.5 Å². The summed E-state index contributed by atoms with van der Waals surface area (Å²) in [6.45, 7) is 0.764. The van der Waals surface area contributed by atoms with Gasteiger partial charge in [0, 0.05) is 29.1 Å². The molecule has 0 aliphatic heterocycles. The first-order valence-electron chi connectivity index (χ1n) is 5.69. The van der Waals surface area contributed by atoms with E-state index in [4.69, 9.17) is 5.73 Å². The van der Waals surface area contributed by atoms with E-state index in [1.807, 2.05) is 0 Å². The lowest BCUT2D eigenvalue weighted by molar-refractivity contribution is 0.553. The number of rotatable bonds is 1. The first kappa shape index (κ1) is 11.5. The third-order valence-corrected chi connectivity index (χ3v) is 3.52. The molecule has 1 aromatic carbocycles. The molecule has 3 heteroatoms. The molecule has 2 aromatic rings. The molecule has 0 fully saturated rings. The number of fused-ring (bicyclic) bond motifs is 3. The van der Waals surface area contributed by atoms with Crippen molar-refractivity contribution in [2.24, 2.45) is 5.73 Å². The third kappa shape index (κ3) is 1.62. The highest BCUT2D eigenvalue weighted by Crippen LogP contribution is 2.35. The van der Waals surface area contributed by atoms with E-state index < -0.39 is 0 Å². The highest BCUT2D eigenvalue weighted by Gasteiger charge is 2.22. The van der Waals surface area contributed by atoms with Gasteiger partial charge in [-0.15, -0.1) is 12.4 Å². The standard InChI is InChI=1S/C13H16N2.ClH/c14-8-9-4-3-6-11-10-5-1-2-7-12(10)15-13(9)11;/h1-2,5,7,9,15H,3-4,6,8,14H2;1H. The van der Waals surface area contributed by atoms with E-state index in [2.05, 4.69) is 29.2 Å². The number of benzene rings is 1. The van der Waals surface area contributed by atoms with Crippen LogP contribution in [-0.2, 0) is 6.42 Å². The molecule has 0 amide bonds. The van der Waals surface area contributed by atoms with Crippen LogP contribution in [0.1, 0.15) is 30.0 Å². The number of nitrogens with two attached hydrogens (primary N) is 1. The number of aryl methyl sites for hydroxylation is 1. The van der Waals surface area contributed by atoms with Crippen molar-refractivity contribution >= 4 is 23.3 Å². The number of H-pyrrole nitrogens is 1. The number of hydrogen-bond donors (Lipinski definition) is 2. The predicted octanol–water partition coefficient (Wildman–Crippen LogP) is 2.97. The average molecular weight is 237 g/mol. The number of para-hydroxylation sites is 1. The van der Waals surface area contributed by atoms with Crippen molar-refractivity contribution in [3.63, 3.8) is 0 Å². The fourth-order valence-corrected chi connectivity index (χ4v) is 2.74. The minimum Gasteiger partial charge on any atom is -0.358 e. The summed E-state index contributed by atoms with van der Waals surface area (Å²) in [7, 11) is 0. The summed E-state index contributed by atoms with van der Waals surface area (Å²) in [4.78, 5) is 3.54. The average Bonchev–Trinajstić information content (AvgIpc) is 2.67. The summed E-state index contributed by atoms with van der Waals surface area (Å²) >= 11 is 0. The molecule has 1 atom stereocenters. The second kappa shape index (κ2) is 4.48. The van der Waals surface area contributed by atoms with Gasteiger partial charge in [-0.05, 0) is 30.9 Å². The minimum atomic E-state index is 0. The molecule has 86 valence electrons. The molecule has 1 aromatic heterocycles. The molecular weight excluding hydrogens is 220 g/mol. The van der Waals surface area contributed by atoms with Crippen LogP contribution < -0.4 is 5.73 Å². The zero-order chi connectivity index (χ0) is 10.3. The van der Waals surface area contributed by atoms with Crippen molar-refractivity contribution in [3.8, 4) is 0 Å². The van der Waals surface area contributed by atoms with Crippen molar-refractivity contribution in [3.05, 3.63) is 35.5 Å². The molecule has 0 radical (unpaired) electrons. The summed E-state index contributed by atoms with van der Waals surface area (Å²) < 4.78 is 0. The zero-order valence-corrected chi connectivity index (χ0v) is 10.0. The maximum absolute atomic E-state index is 5.82. The van der Waals surface area contributed by atoms with Crippen molar-refractivity contribution in [1.29, 1.82) is 0 Å². The van der Waals surface area contributed by atoms with Crippen molar-refractivity contribution in [2.75, 3.05) is 6.54 Å². The molecular formula is C13H17ClN2. The Morgan fingerprint density at radius 1 is 1.31 bits per heavy atom. The summed E-state index contributed by atoms with van der Waals surface area (Å²) in [5, 5.41) is 1.39. The monoisotopic (exact) mass is 236 g/mol. The maximum Gasteiger partial charge on any atom is 0.0459 e. The van der Waals surface area contributed by atoms with Crippen LogP contribution in [0.2, 0.25) is 0 Å². The van der Waals surface area contributed by atoms with Gasteiger partial charge in [0.05, 0.1) is 0 Å². The van der Waals surface area contributed by atoms with Crippen LogP contribution in [0.3, 0.4) is 0 Å². The molecule has 2 nitrogen and oxygen atoms in total. The van der Waals surface area contributed by atoms with E-state index in [1.54, 1.807) is 0 Å². The van der Waals surface area contributed by atoms with Crippen LogP contribution in [0.25, 0.3) is 10.9 Å². The van der Waals surface area contributed by atoms with Crippen LogP contribution in [0.15, 0.2) is 24.3 Å². The molecule has 0 spiro atoms. The molecule has 1 aliphatic rings. The van der Waals surface area contributed by atoms with Crippen LogP contribution in [0.4, 0.5) is 0 Å². The largest absolute Gasteiger partial charge is 0.358 e. The van der Waals surface area contributed by atoms with Crippen LogP contribution >= 0.6 is 12.4 Å². The van der Waals surface area contributed by atoms with Gasteiger partial charge >= 0.3 is 0 Å². The molecule has 1 heterocycles. The lowest BCUT2D eigenvalue weighted by Gasteiger charge is -2.20. The lowest BCUT2D eigenvalue weighted by atomic mass is 9.87. The van der Waals surface area contributed by atoms with Crippen molar-refractivity contribution < 1.29 is 0 Å². The van der Waals surface area contributed by atoms with Gasteiger partial charge in [0.15, 0.2) is 0 Å². The fourth-order valence-electron chi connectivity index (χ4n) is 2.74. The molecule has 1 aliphatic carbocycles. The lowest BCUT2D eigenvalue weighted by Crippen LogP contribution is -2.17. The number of nitrogens with one attached hydrogen (secondary N) is 1. The van der Waals surface area contributed by atoms with E-state index in [0.29, 0.717) is 5.92 Å². The Kier molecular flexibility index (Phi) is 3.22. The number of halogens is 1. The molecule has 1 unspecified atom stereocenters. The van der Waals surface area contributed by atoms with Gasteiger partial charge in [-0.3, -0.25) is 0 Å². The second-order valence-electron chi connectivity index (χ2n) is 4.39. The van der Waals surface area contributed by atoms with Gasteiger partial charge in [-0.1, -0.05) is 18.2 Å². The highest BCUT2D eigenvalue weighted by molar-refractivity contribution is 5.85. The van der Waals surface area contributed by atoms with Gasteiger partial charge in [0.25, 0.3) is 0 Å². The Morgan fingerprint density at radius 3 is 2.94 bits per heavy atom. The molecule has 0 bridgehead atoms. The fraction of sp³-hybridized carbons (Fsp3) is 0.385. The van der Waals surface area contributed by atoms with Gasteiger partial charge in [-0.2, -0.15) is 0 Å². The van der Waals surface area contributed by atoms with Gasteiger partial charge in [0.2, 0.25) is 0 Å². The van der Waals surface area contributed by atoms with E-state index in [-0.39, 0.29) is 12.4 Å². The molecule has 16 heavy (non-hydrogen) atoms. The summed E-state index contributed by atoms with van der Waals surface area (Å²) in [5.74, 6) is 0.543. The van der Waals surface area contributed by atoms with Gasteiger partial charge < -0.3 is 10.7 Å². The first-order chi connectivity index (χ1) is 7.40. The summed E-state index contributed by atoms with van der Waals surface area (Å²) in [6, 6.07) is 8.56. The number of aromatic amines is 1. The van der Waals surface area contributed by atoms with Gasteiger partial charge in [-0.25, -0.2) is 0 Å². The Hall–Kier alpha value is -0.990. The van der Waals surface area contributed by atoms with E-state index >= 15 is 0 Å². The minimum absolute atomic E-state index is 0. The Balaban J connectivity index is 0.000000963. The Labute approximate surface area is 102 Å². The normalized spacial score (nSPS) is 19.2.